The molecule has 0 saturated carbocycles. The highest BCUT2D eigenvalue weighted by molar-refractivity contribution is 9.11. The van der Waals surface area contributed by atoms with E-state index in [0.717, 1.165) is 0 Å². The molecule has 110 valence electrons. The molecular weight excluding hydrogens is 431 g/mol. The molecule has 21 heavy (non-hydrogen) atoms. The lowest BCUT2D eigenvalue weighted by molar-refractivity contribution is 0.442. The molecule has 0 fully saturated rings. The Kier molecular flexibility index (Phi) is 4.86. The SMILES string of the molecule is O=c1[nH]ncc(N/N=C\c2cc(Br)c(O)c(Br)c2O)c1Cl. The predicted molar refractivity (Wildman–Crippen MR) is 86.3 cm³/mol. The summed E-state index contributed by atoms with van der Waals surface area (Å²) < 4.78 is 0.513. The zero-order valence-electron chi connectivity index (χ0n) is 10.1. The first-order chi connectivity index (χ1) is 9.91. The van der Waals surface area contributed by atoms with Gasteiger partial charge in [0.15, 0.2) is 0 Å². The Morgan fingerprint density at radius 3 is 2.81 bits per heavy atom. The molecule has 1 aromatic heterocycles. The second-order valence-corrected chi connectivity index (χ2v) is 5.78. The Hall–Kier alpha value is -1.58. The number of nitrogens with one attached hydrogen (secondary N) is 2. The zero-order valence-corrected chi connectivity index (χ0v) is 14.0. The molecule has 10 heteroatoms. The predicted octanol–water partition coefficient (Wildman–Crippen LogP) is 2.81. The highest BCUT2D eigenvalue weighted by atomic mass is 79.9. The van der Waals surface area contributed by atoms with Crippen molar-refractivity contribution >= 4 is 55.4 Å². The average Bonchev–Trinajstić information content (AvgIpc) is 2.46. The van der Waals surface area contributed by atoms with Crippen molar-refractivity contribution in [2.45, 2.75) is 0 Å². The number of hydrogen-bond acceptors (Lipinski definition) is 6. The molecule has 0 bridgehead atoms. The van der Waals surface area contributed by atoms with E-state index in [1.54, 1.807) is 0 Å². The standard InChI is InChI=1S/C11H7Br2ClN4O3/c12-5-1-4(9(19)7(13)10(5)20)2-15-17-6-3-16-18-11(21)8(6)14/h1-3,19-20H,(H2,17,18,21)/b15-2-. The van der Waals surface area contributed by atoms with Gasteiger partial charge in [-0.25, -0.2) is 5.10 Å². The maximum absolute atomic E-state index is 11.2. The van der Waals surface area contributed by atoms with E-state index in [0.29, 0.717) is 10.0 Å². The molecule has 0 amide bonds. The van der Waals surface area contributed by atoms with Crippen LogP contribution >= 0.6 is 43.5 Å². The number of hydrogen-bond donors (Lipinski definition) is 4. The summed E-state index contributed by atoms with van der Waals surface area (Å²) in [6.07, 6.45) is 2.59. The minimum absolute atomic E-state index is 0.0839. The van der Waals surface area contributed by atoms with Crippen LogP contribution in [-0.4, -0.2) is 26.6 Å². The molecule has 2 aromatic rings. The summed E-state index contributed by atoms with van der Waals surface area (Å²) in [5, 5.41) is 29.0. The number of aromatic nitrogens is 2. The first-order valence-electron chi connectivity index (χ1n) is 5.34. The molecule has 0 aliphatic rings. The minimum atomic E-state index is -0.546. The van der Waals surface area contributed by atoms with Crippen LogP contribution in [0.15, 0.2) is 31.1 Å². The third kappa shape index (κ3) is 3.36. The fourth-order valence-corrected chi connectivity index (χ4v) is 2.63. The number of H-pyrrole nitrogens is 1. The van der Waals surface area contributed by atoms with Crippen molar-refractivity contribution in [3.05, 3.63) is 42.1 Å². The van der Waals surface area contributed by atoms with Gasteiger partial charge in [-0.2, -0.15) is 10.2 Å². The Morgan fingerprint density at radius 2 is 2.10 bits per heavy atom. The van der Waals surface area contributed by atoms with Crippen LogP contribution in [0.4, 0.5) is 5.69 Å². The lowest BCUT2D eigenvalue weighted by Crippen LogP contribution is -2.10. The summed E-state index contributed by atoms with van der Waals surface area (Å²) in [4.78, 5) is 11.2. The molecule has 0 spiro atoms. The lowest BCUT2D eigenvalue weighted by Gasteiger charge is -2.06. The summed E-state index contributed by atoms with van der Waals surface area (Å²) >= 11 is 11.9. The molecule has 0 unspecified atom stereocenters. The van der Waals surface area contributed by atoms with Gasteiger partial charge in [-0.05, 0) is 37.9 Å². The molecule has 4 N–H and O–H groups in total. The minimum Gasteiger partial charge on any atom is -0.506 e. The summed E-state index contributed by atoms with van der Waals surface area (Å²) in [5.41, 5.74) is 2.53. The first-order valence-corrected chi connectivity index (χ1v) is 7.30. The van der Waals surface area contributed by atoms with Gasteiger partial charge in [0.2, 0.25) is 0 Å². The zero-order chi connectivity index (χ0) is 15.6. The van der Waals surface area contributed by atoms with Crippen LogP contribution in [0.2, 0.25) is 5.02 Å². The van der Waals surface area contributed by atoms with E-state index in [-0.39, 0.29) is 26.7 Å². The van der Waals surface area contributed by atoms with E-state index in [4.69, 9.17) is 11.6 Å². The Bertz CT molecular complexity index is 779. The topological polar surface area (TPSA) is 111 Å². The average molecular weight is 438 g/mol. The third-order valence-corrected chi connectivity index (χ3v) is 4.11. The molecule has 7 nitrogen and oxygen atoms in total. The van der Waals surface area contributed by atoms with Crippen molar-refractivity contribution < 1.29 is 10.2 Å². The van der Waals surface area contributed by atoms with Crippen molar-refractivity contribution in [1.82, 2.24) is 10.2 Å². The fraction of sp³-hybridized carbons (Fsp3) is 0. The molecule has 0 saturated heterocycles. The molecule has 0 atom stereocenters. The normalized spacial score (nSPS) is 11.0. The molecule has 1 aromatic carbocycles. The van der Waals surface area contributed by atoms with Crippen LogP contribution in [0.1, 0.15) is 5.56 Å². The first kappa shape index (κ1) is 15.8. The van der Waals surface area contributed by atoms with Crippen molar-refractivity contribution in [3.63, 3.8) is 0 Å². The molecular formula is C11H7Br2ClN4O3. The van der Waals surface area contributed by atoms with Gasteiger partial charge >= 0.3 is 0 Å². The molecule has 0 aliphatic heterocycles. The van der Waals surface area contributed by atoms with Crippen molar-refractivity contribution in [2.24, 2.45) is 5.10 Å². The fourth-order valence-electron chi connectivity index (χ4n) is 1.35. The summed E-state index contributed by atoms with van der Waals surface area (Å²) in [6, 6.07) is 1.47. The van der Waals surface area contributed by atoms with Gasteiger partial charge in [0.05, 0.1) is 16.9 Å². The van der Waals surface area contributed by atoms with Crippen molar-refractivity contribution in [3.8, 4) is 11.5 Å². The van der Waals surface area contributed by atoms with Crippen LogP contribution < -0.4 is 11.0 Å². The third-order valence-electron chi connectivity index (χ3n) is 2.38. The Morgan fingerprint density at radius 1 is 1.38 bits per heavy atom. The number of rotatable bonds is 3. The molecule has 0 aliphatic carbocycles. The number of phenolic OH excluding ortho intramolecular Hbond substituents is 2. The van der Waals surface area contributed by atoms with Gasteiger partial charge in [0, 0.05) is 5.56 Å². The smallest absolute Gasteiger partial charge is 0.285 e. The lowest BCUT2D eigenvalue weighted by atomic mass is 10.2. The highest BCUT2D eigenvalue weighted by Gasteiger charge is 2.12. The van der Waals surface area contributed by atoms with E-state index in [1.165, 1.54) is 18.5 Å². The highest BCUT2D eigenvalue weighted by Crippen LogP contribution is 2.40. The quantitative estimate of drug-likeness (QED) is 0.435. The number of anilines is 1. The Labute approximate surface area is 139 Å². The van der Waals surface area contributed by atoms with Crippen LogP contribution in [-0.2, 0) is 0 Å². The molecule has 0 radical (unpaired) electrons. The van der Waals surface area contributed by atoms with Gasteiger partial charge in [0.1, 0.15) is 26.7 Å². The van der Waals surface area contributed by atoms with E-state index in [9.17, 15) is 15.0 Å². The van der Waals surface area contributed by atoms with Crippen molar-refractivity contribution in [1.29, 1.82) is 0 Å². The van der Waals surface area contributed by atoms with Gasteiger partial charge in [0.25, 0.3) is 5.56 Å². The van der Waals surface area contributed by atoms with Crippen LogP contribution in [0.3, 0.4) is 0 Å². The molecule has 1 heterocycles. The summed E-state index contributed by atoms with van der Waals surface area (Å²) in [5.74, 6) is -0.309. The Balaban J connectivity index is 2.27. The number of benzene rings is 1. The number of phenols is 2. The summed E-state index contributed by atoms with van der Waals surface area (Å²) in [7, 11) is 0. The monoisotopic (exact) mass is 436 g/mol. The van der Waals surface area contributed by atoms with E-state index >= 15 is 0 Å². The van der Waals surface area contributed by atoms with Crippen LogP contribution in [0, 0.1) is 0 Å². The van der Waals surface area contributed by atoms with E-state index < -0.39 is 5.56 Å². The van der Waals surface area contributed by atoms with Gasteiger partial charge < -0.3 is 10.2 Å². The number of halogens is 3. The van der Waals surface area contributed by atoms with Gasteiger partial charge in [-0.3, -0.25) is 10.2 Å². The second-order valence-electron chi connectivity index (χ2n) is 3.76. The van der Waals surface area contributed by atoms with Crippen LogP contribution in [0.5, 0.6) is 11.5 Å². The molecule has 2 rings (SSSR count). The largest absolute Gasteiger partial charge is 0.506 e. The number of hydrazone groups is 1. The number of nitrogens with zero attached hydrogens (tertiary/aromatic N) is 2. The maximum Gasteiger partial charge on any atom is 0.285 e. The maximum atomic E-state index is 11.2. The van der Waals surface area contributed by atoms with Gasteiger partial charge in [-0.15, -0.1) is 0 Å². The van der Waals surface area contributed by atoms with E-state index in [2.05, 4.69) is 52.6 Å². The van der Waals surface area contributed by atoms with Crippen molar-refractivity contribution in [2.75, 3.05) is 5.43 Å². The second kappa shape index (κ2) is 6.46. The van der Waals surface area contributed by atoms with Crippen LogP contribution in [0.25, 0.3) is 0 Å². The summed E-state index contributed by atoms with van der Waals surface area (Å²) in [6.45, 7) is 0. The number of aromatic amines is 1. The van der Waals surface area contributed by atoms with E-state index in [1.807, 2.05) is 0 Å². The number of aromatic hydroxyl groups is 2. The van der Waals surface area contributed by atoms with Gasteiger partial charge in [-0.1, -0.05) is 11.6 Å².